The quantitative estimate of drug-likeness (QED) is 0.831. The molecule has 1 aromatic rings. The van der Waals surface area contributed by atoms with Crippen LogP contribution in [0.25, 0.3) is 0 Å². The molecule has 0 bridgehead atoms. The fourth-order valence-corrected chi connectivity index (χ4v) is 2.54. The number of para-hydroxylation sites is 1. The fourth-order valence-electron chi connectivity index (χ4n) is 2.54. The second-order valence-electron chi connectivity index (χ2n) is 5.14. The third-order valence-electron chi connectivity index (χ3n) is 3.51. The predicted molar refractivity (Wildman–Crippen MR) is 75.6 cm³/mol. The molecule has 0 saturated carbocycles. The Labute approximate surface area is 110 Å². The minimum Gasteiger partial charge on any atom is -0.399 e. The summed E-state index contributed by atoms with van der Waals surface area (Å²) in [7, 11) is 0. The van der Waals surface area contributed by atoms with Crippen molar-refractivity contribution in [3.05, 3.63) is 29.8 Å². The molecule has 100 valence electrons. The molecule has 3 nitrogen and oxygen atoms in total. The number of nitrogen functional groups attached to an aromatic ring is 1. The van der Waals surface area contributed by atoms with Crippen molar-refractivity contribution in [2.45, 2.75) is 32.3 Å². The number of hydrogen-bond acceptors (Lipinski definition) is 3. The number of hydrogen-bond donors (Lipinski definition) is 1. The van der Waals surface area contributed by atoms with E-state index in [1.54, 1.807) is 0 Å². The van der Waals surface area contributed by atoms with E-state index in [9.17, 15) is 0 Å². The Hall–Kier alpha value is -1.06. The van der Waals surface area contributed by atoms with E-state index in [1.165, 1.54) is 12.0 Å². The number of nitrogens with two attached hydrogens (primary N) is 1. The molecule has 0 radical (unpaired) electrons. The topological polar surface area (TPSA) is 38.5 Å². The number of aryl methyl sites for hydroxylation is 1. The predicted octanol–water partition coefficient (Wildman–Crippen LogP) is 2.31. The van der Waals surface area contributed by atoms with E-state index in [4.69, 9.17) is 10.5 Å². The maximum atomic E-state index is 5.95. The molecular formula is C15H24N2O. The summed E-state index contributed by atoms with van der Waals surface area (Å²) in [6.45, 7) is 6.43. The lowest BCUT2D eigenvalue weighted by atomic mass is 10.1. The summed E-state index contributed by atoms with van der Waals surface area (Å²) < 4.78 is 5.66. The number of nitrogens with zero attached hydrogens (tertiary/aromatic N) is 1. The zero-order valence-corrected chi connectivity index (χ0v) is 11.3. The monoisotopic (exact) mass is 248 g/mol. The molecule has 2 N–H and O–H groups in total. The molecule has 1 atom stereocenters. The molecule has 1 saturated heterocycles. The van der Waals surface area contributed by atoms with E-state index in [2.05, 4.69) is 24.0 Å². The van der Waals surface area contributed by atoms with Crippen LogP contribution in [-0.2, 0) is 11.2 Å². The minimum absolute atomic E-state index is 0.370. The fraction of sp³-hybridized carbons (Fsp3) is 0.600. The Balaban J connectivity index is 1.76. The van der Waals surface area contributed by atoms with Gasteiger partial charge in [0.25, 0.3) is 0 Å². The first-order valence-corrected chi connectivity index (χ1v) is 6.93. The number of anilines is 1. The standard InChI is InChI=1S/C15H24N2O/c1-13-12-17(10-5-11-18-13)9-4-7-14-6-2-3-8-15(14)16/h2-3,6,8,13H,4-5,7,9-12,16H2,1H3. The normalized spacial score (nSPS) is 21.7. The van der Waals surface area contributed by atoms with Crippen molar-refractivity contribution >= 4 is 5.69 Å². The van der Waals surface area contributed by atoms with Gasteiger partial charge in [-0.25, -0.2) is 0 Å². The van der Waals surface area contributed by atoms with Gasteiger partial charge in [-0.1, -0.05) is 18.2 Å². The lowest BCUT2D eigenvalue weighted by molar-refractivity contribution is 0.0676. The van der Waals surface area contributed by atoms with Gasteiger partial charge in [0.1, 0.15) is 0 Å². The van der Waals surface area contributed by atoms with Gasteiger partial charge in [-0.2, -0.15) is 0 Å². The van der Waals surface area contributed by atoms with Gasteiger partial charge in [0.2, 0.25) is 0 Å². The molecule has 0 aromatic heterocycles. The van der Waals surface area contributed by atoms with Crippen LogP contribution >= 0.6 is 0 Å². The zero-order chi connectivity index (χ0) is 12.8. The van der Waals surface area contributed by atoms with Crippen LogP contribution in [0.1, 0.15) is 25.3 Å². The van der Waals surface area contributed by atoms with E-state index >= 15 is 0 Å². The van der Waals surface area contributed by atoms with Crippen LogP contribution in [0, 0.1) is 0 Å². The van der Waals surface area contributed by atoms with Crippen molar-refractivity contribution in [2.75, 3.05) is 32.0 Å². The van der Waals surface area contributed by atoms with Gasteiger partial charge in [0, 0.05) is 25.4 Å². The number of ether oxygens (including phenoxy) is 1. The largest absolute Gasteiger partial charge is 0.399 e. The Kier molecular flexibility index (Phi) is 5.02. The van der Waals surface area contributed by atoms with Gasteiger partial charge in [0.05, 0.1) is 6.10 Å². The summed E-state index contributed by atoms with van der Waals surface area (Å²) >= 11 is 0. The Morgan fingerprint density at radius 1 is 1.39 bits per heavy atom. The summed E-state index contributed by atoms with van der Waals surface area (Å²) in [4.78, 5) is 2.51. The van der Waals surface area contributed by atoms with E-state index < -0.39 is 0 Å². The molecular weight excluding hydrogens is 224 g/mol. The molecule has 1 fully saturated rings. The molecule has 1 unspecified atom stereocenters. The molecule has 2 rings (SSSR count). The molecule has 1 heterocycles. The lowest BCUT2D eigenvalue weighted by Crippen LogP contribution is -2.31. The lowest BCUT2D eigenvalue weighted by Gasteiger charge is -2.21. The second-order valence-corrected chi connectivity index (χ2v) is 5.14. The Bertz CT molecular complexity index is 367. The van der Waals surface area contributed by atoms with Crippen LogP contribution in [0.2, 0.25) is 0 Å². The summed E-state index contributed by atoms with van der Waals surface area (Å²) in [5.41, 5.74) is 8.15. The first-order chi connectivity index (χ1) is 8.75. The highest BCUT2D eigenvalue weighted by molar-refractivity contribution is 5.46. The third kappa shape index (κ3) is 4.00. The first-order valence-electron chi connectivity index (χ1n) is 6.93. The van der Waals surface area contributed by atoms with Crippen molar-refractivity contribution in [3.63, 3.8) is 0 Å². The highest BCUT2D eigenvalue weighted by atomic mass is 16.5. The van der Waals surface area contributed by atoms with Crippen molar-refractivity contribution in [3.8, 4) is 0 Å². The zero-order valence-electron chi connectivity index (χ0n) is 11.3. The third-order valence-corrected chi connectivity index (χ3v) is 3.51. The molecule has 1 aromatic carbocycles. The van der Waals surface area contributed by atoms with E-state index in [0.29, 0.717) is 6.10 Å². The van der Waals surface area contributed by atoms with Gasteiger partial charge in [0.15, 0.2) is 0 Å². The molecule has 1 aliphatic rings. The summed E-state index contributed by atoms with van der Waals surface area (Å²) in [5, 5.41) is 0. The number of rotatable bonds is 4. The van der Waals surface area contributed by atoms with Crippen molar-refractivity contribution in [1.82, 2.24) is 4.90 Å². The molecule has 0 aliphatic carbocycles. The van der Waals surface area contributed by atoms with Gasteiger partial charge >= 0.3 is 0 Å². The maximum absolute atomic E-state index is 5.95. The van der Waals surface area contributed by atoms with E-state index in [1.807, 2.05) is 12.1 Å². The maximum Gasteiger partial charge on any atom is 0.0673 e. The summed E-state index contributed by atoms with van der Waals surface area (Å²) in [6.07, 6.45) is 3.76. The first kappa shape index (κ1) is 13.4. The highest BCUT2D eigenvalue weighted by Gasteiger charge is 2.14. The average Bonchev–Trinajstić information content (AvgIpc) is 2.56. The summed E-state index contributed by atoms with van der Waals surface area (Å²) in [6, 6.07) is 8.17. The van der Waals surface area contributed by atoms with Crippen LogP contribution in [0.4, 0.5) is 5.69 Å². The summed E-state index contributed by atoms with van der Waals surface area (Å²) in [5.74, 6) is 0. The molecule has 1 aliphatic heterocycles. The number of benzene rings is 1. The minimum atomic E-state index is 0.370. The van der Waals surface area contributed by atoms with Gasteiger partial charge in [-0.05, 0) is 44.4 Å². The van der Waals surface area contributed by atoms with Gasteiger partial charge < -0.3 is 15.4 Å². The second kappa shape index (κ2) is 6.76. The van der Waals surface area contributed by atoms with Crippen LogP contribution in [0.3, 0.4) is 0 Å². The van der Waals surface area contributed by atoms with Crippen LogP contribution in [0.5, 0.6) is 0 Å². The highest BCUT2D eigenvalue weighted by Crippen LogP contribution is 2.13. The molecule has 0 amide bonds. The smallest absolute Gasteiger partial charge is 0.0673 e. The van der Waals surface area contributed by atoms with Crippen molar-refractivity contribution in [1.29, 1.82) is 0 Å². The Morgan fingerprint density at radius 2 is 2.22 bits per heavy atom. The van der Waals surface area contributed by atoms with Crippen LogP contribution in [0.15, 0.2) is 24.3 Å². The van der Waals surface area contributed by atoms with Crippen LogP contribution in [-0.4, -0.2) is 37.2 Å². The Morgan fingerprint density at radius 3 is 3.06 bits per heavy atom. The molecule has 0 spiro atoms. The van der Waals surface area contributed by atoms with E-state index in [-0.39, 0.29) is 0 Å². The SMILES string of the molecule is CC1CN(CCCc2ccccc2N)CCCO1. The van der Waals surface area contributed by atoms with Crippen molar-refractivity contribution in [2.24, 2.45) is 0 Å². The van der Waals surface area contributed by atoms with Crippen LogP contribution < -0.4 is 5.73 Å². The van der Waals surface area contributed by atoms with Gasteiger partial charge in [-0.3, -0.25) is 0 Å². The average molecular weight is 248 g/mol. The van der Waals surface area contributed by atoms with Crippen molar-refractivity contribution < 1.29 is 4.74 Å². The van der Waals surface area contributed by atoms with Gasteiger partial charge in [-0.15, -0.1) is 0 Å². The van der Waals surface area contributed by atoms with E-state index in [0.717, 1.165) is 44.8 Å². The molecule has 3 heteroatoms. The molecule has 18 heavy (non-hydrogen) atoms.